The molecule has 1 aliphatic rings. The molecule has 0 spiro atoms. The van der Waals surface area contributed by atoms with E-state index in [9.17, 15) is 4.79 Å². The maximum Gasteiger partial charge on any atom is 0.231 e. The number of hydrogen-bond acceptors (Lipinski definition) is 5. The lowest BCUT2D eigenvalue weighted by Gasteiger charge is -2.26. The van der Waals surface area contributed by atoms with Gasteiger partial charge in [0.25, 0.3) is 0 Å². The Morgan fingerprint density at radius 1 is 1.21 bits per heavy atom. The molecular formula is C17H18N4OS2. The molecule has 24 heavy (non-hydrogen) atoms. The van der Waals surface area contributed by atoms with Gasteiger partial charge >= 0.3 is 0 Å². The number of aromatic nitrogens is 3. The molecule has 1 N–H and O–H groups in total. The fourth-order valence-corrected chi connectivity index (χ4v) is 4.98. The Balaban J connectivity index is 1.46. The summed E-state index contributed by atoms with van der Waals surface area (Å²) in [6.45, 7) is 0.414. The predicted molar refractivity (Wildman–Crippen MR) is 95.5 cm³/mol. The Morgan fingerprint density at radius 3 is 2.71 bits per heavy atom. The molecule has 5 nitrogen and oxygen atoms in total. The number of hydrogen-bond donors (Lipinski definition) is 1. The molecular weight excluding hydrogens is 340 g/mol. The first-order chi connectivity index (χ1) is 11.8. The average Bonchev–Trinajstić information content (AvgIpc) is 3.41. The van der Waals surface area contributed by atoms with Crippen molar-refractivity contribution in [3.05, 3.63) is 51.8 Å². The molecule has 1 amide bonds. The molecule has 0 atom stereocenters. The molecule has 0 radical (unpaired) electrons. The van der Waals surface area contributed by atoms with Crippen LogP contribution in [0.1, 0.15) is 36.3 Å². The van der Waals surface area contributed by atoms with Crippen LogP contribution >= 0.6 is 22.7 Å². The number of amides is 1. The van der Waals surface area contributed by atoms with Gasteiger partial charge in [-0.3, -0.25) is 4.79 Å². The van der Waals surface area contributed by atoms with Gasteiger partial charge in [-0.25, -0.2) is 4.68 Å². The van der Waals surface area contributed by atoms with Gasteiger partial charge in [-0.1, -0.05) is 24.1 Å². The largest absolute Gasteiger partial charge is 0.350 e. The van der Waals surface area contributed by atoms with E-state index in [-0.39, 0.29) is 11.3 Å². The van der Waals surface area contributed by atoms with E-state index in [0.717, 1.165) is 36.4 Å². The molecule has 1 aliphatic carbocycles. The molecule has 7 heteroatoms. The van der Waals surface area contributed by atoms with Crippen LogP contribution in [0.4, 0.5) is 0 Å². The summed E-state index contributed by atoms with van der Waals surface area (Å²) in [6.07, 6.45) is 5.96. The van der Waals surface area contributed by atoms with E-state index in [0.29, 0.717) is 6.54 Å². The molecule has 0 aromatic carbocycles. The highest BCUT2D eigenvalue weighted by molar-refractivity contribution is 7.12. The van der Waals surface area contributed by atoms with Crippen LogP contribution in [0, 0.1) is 0 Å². The van der Waals surface area contributed by atoms with Gasteiger partial charge in [0.1, 0.15) is 10.7 Å². The fourth-order valence-electron chi connectivity index (χ4n) is 3.34. The Morgan fingerprint density at radius 2 is 2.00 bits per heavy atom. The number of rotatable bonds is 5. The zero-order valence-corrected chi connectivity index (χ0v) is 14.8. The maximum absolute atomic E-state index is 12.9. The molecule has 4 rings (SSSR count). The van der Waals surface area contributed by atoms with Gasteiger partial charge in [0, 0.05) is 4.88 Å². The molecule has 1 saturated carbocycles. The van der Waals surface area contributed by atoms with Gasteiger partial charge < -0.3 is 5.32 Å². The Hall–Kier alpha value is -1.99. The third-order valence-corrected chi connectivity index (χ3v) is 6.52. The summed E-state index contributed by atoms with van der Waals surface area (Å²) in [7, 11) is 0. The van der Waals surface area contributed by atoms with E-state index < -0.39 is 0 Å². The van der Waals surface area contributed by atoms with Crippen LogP contribution in [0.15, 0.2) is 41.2 Å². The highest BCUT2D eigenvalue weighted by atomic mass is 32.1. The van der Waals surface area contributed by atoms with Gasteiger partial charge in [0.15, 0.2) is 0 Å². The van der Waals surface area contributed by atoms with E-state index in [1.165, 1.54) is 4.88 Å². The second kappa shape index (κ2) is 6.49. The normalized spacial score (nSPS) is 16.3. The van der Waals surface area contributed by atoms with E-state index in [1.807, 2.05) is 29.8 Å². The van der Waals surface area contributed by atoms with Gasteiger partial charge in [-0.15, -0.1) is 27.8 Å². The van der Waals surface area contributed by atoms with Crippen LogP contribution in [-0.2, 0) is 16.8 Å². The third kappa shape index (κ3) is 2.78. The minimum atomic E-state index is -0.349. The van der Waals surface area contributed by atoms with Gasteiger partial charge in [-0.2, -0.15) is 0 Å². The number of nitrogens with one attached hydrogen (secondary N) is 1. The molecule has 3 aromatic heterocycles. The van der Waals surface area contributed by atoms with Crippen molar-refractivity contribution in [1.29, 1.82) is 0 Å². The van der Waals surface area contributed by atoms with Crippen molar-refractivity contribution >= 4 is 28.6 Å². The number of thiophene rings is 2. The number of nitrogens with zero attached hydrogens (tertiary/aromatic N) is 3. The molecule has 0 unspecified atom stereocenters. The lowest BCUT2D eigenvalue weighted by molar-refractivity contribution is -0.126. The van der Waals surface area contributed by atoms with Gasteiger partial charge in [0.05, 0.1) is 18.2 Å². The standard InChI is InChI=1S/C17H18N4OS2/c22-16(17(7-1-2-8-17)14-5-3-9-23-14)18-11-13-12-21(20-19-13)15-6-4-10-24-15/h3-6,9-10,12H,1-2,7-8,11H2,(H,18,22). The first-order valence-corrected chi connectivity index (χ1v) is 9.81. The van der Waals surface area contributed by atoms with Crippen molar-refractivity contribution in [1.82, 2.24) is 20.3 Å². The zero-order valence-electron chi connectivity index (χ0n) is 13.1. The molecule has 3 aromatic rings. The van der Waals surface area contributed by atoms with Crippen molar-refractivity contribution in [3.8, 4) is 5.00 Å². The van der Waals surface area contributed by atoms with Crippen LogP contribution in [0.5, 0.6) is 0 Å². The number of carbonyl (C=O) groups is 1. The summed E-state index contributed by atoms with van der Waals surface area (Å²) in [5.74, 6) is 0.119. The van der Waals surface area contributed by atoms with Crippen LogP contribution in [0.2, 0.25) is 0 Å². The van der Waals surface area contributed by atoms with Crippen LogP contribution in [-0.4, -0.2) is 20.9 Å². The first-order valence-electron chi connectivity index (χ1n) is 8.05. The molecule has 3 heterocycles. The summed E-state index contributed by atoms with van der Waals surface area (Å²) in [5, 5.41) is 16.5. The van der Waals surface area contributed by atoms with Crippen molar-refractivity contribution in [3.63, 3.8) is 0 Å². The SMILES string of the molecule is O=C(NCc1cn(-c2cccs2)nn1)C1(c2cccs2)CCCC1. The Bertz CT molecular complexity index is 802. The van der Waals surface area contributed by atoms with E-state index in [2.05, 4.69) is 27.1 Å². The topological polar surface area (TPSA) is 59.8 Å². The highest BCUT2D eigenvalue weighted by Gasteiger charge is 2.43. The van der Waals surface area contributed by atoms with Crippen LogP contribution in [0.25, 0.3) is 5.00 Å². The van der Waals surface area contributed by atoms with Gasteiger partial charge in [-0.05, 0) is 41.8 Å². The number of carbonyl (C=O) groups excluding carboxylic acids is 1. The fraction of sp³-hybridized carbons (Fsp3) is 0.353. The lowest BCUT2D eigenvalue weighted by atomic mass is 9.83. The minimum absolute atomic E-state index is 0.119. The van der Waals surface area contributed by atoms with E-state index in [4.69, 9.17) is 0 Å². The van der Waals surface area contributed by atoms with E-state index in [1.54, 1.807) is 27.4 Å². The minimum Gasteiger partial charge on any atom is -0.350 e. The predicted octanol–water partition coefficient (Wildman–Crippen LogP) is 3.52. The zero-order chi connectivity index (χ0) is 16.4. The van der Waals surface area contributed by atoms with Crippen molar-refractivity contribution in [2.75, 3.05) is 0 Å². The Kier molecular flexibility index (Phi) is 4.20. The Labute approximate surface area is 148 Å². The lowest BCUT2D eigenvalue weighted by Crippen LogP contribution is -2.41. The van der Waals surface area contributed by atoms with Crippen LogP contribution in [0.3, 0.4) is 0 Å². The smallest absolute Gasteiger partial charge is 0.231 e. The summed E-state index contributed by atoms with van der Waals surface area (Å²) in [6, 6.07) is 8.09. The summed E-state index contributed by atoms with van der Waals surface area (Å²) in [5.41, 5.74) is 0.425. The van der Waals surface area contributed by atoms with Crippen molar-refractivity contribution < 1.29 is 4.79 Å². The molecule has 0 bridgehead atoms. The highest BCUT2D eigenvalue weighted by Crippen LogP contribution is 2.43. The second-order valence-electron chi connectivity index (χ2n) is 6.05. The monoisotopic (exact) mass is 358 g/mol. The third-order valence-electron chi connectivity index (χ3n) is 4.59. The molecule has 1 fully saturated rings. The van der Waals surface area contributed by atoms with Crippen molar-refractivity contribution in [2.24, 2.45) is 0 Å². The summed E-state index contributed by atoms with van der Waals surface area (Å²) < 4.78 is 1.75. The second-order valence-corrected chi connectivity index (χ2v) is 7.93. The molecule has 124 valence electrons. The summed E-state index contributed by atoms with van der Waals surface area (Å²) in [4.78, 5) is 14.1. The van der Waals surface area contributed by atoms with E-state index >= 15 is 0 Å². The molecule has 0 aliphatic heterocycles. The quantitative estimate of drug-likeness (QED) is 0.759. The maximum atomic E-state index is 12.9. The van der Waals surface area contributed by atoms with Crippen LogP contribution < -0.4 is 5.32 Å². The first kappa shape index (κ1) is 15.5. The summed E-state index contributed by atoms with van der Waals surface area (Å²) >= 11 is 3.29. The van der Waals surface area contributed by atoms with Gasteiger partial charge in [0.2, 0.25) is 5.91 Å². The average molecular weight is 358 g/mol. The molecule has 0 saturated heterocycles. The van der Waals surface area contributed by atoms with Crippen molar-refractivity contribution in [2.45, 2.75) is 37.6 Å².